The van der Waals surface area contributed by atoms with Gasteiger partial charge in [0, 0.05) is 0 Å². The summed E-state index contributed by atoms with van der Waals surface area (Å²) in [4.78, 5) is 10.8. The van der Waals surface area contributed by atoms with Crippen molar-refractivity contribution in [1.82, 2.24) is 0 Å². The van der Waals surface area contributed by atoms with Crippen molar-refractivity contribution in [2.75, 3.05) is 0 Å². The summed E-state index contributed by atoms with van der Waals surface area (Å²) in [5.41, 5.74) is 0. The Hall–Kier alpha value is -0.373. The average Bonchev–Trinajstić information content (AvgIpc) is 2.37. The van der Waals surface area contributed by atoms with Gasteiger partial charge in [-0.05, 0) is 18.9 Å². The fraction of sp³-hybridized carbons (Fsp3) is 0.800. The van der Waals surface area contributed by atoms with Gasteiger partial charge in [0.15, 0.2) is 0 Å². The molecule has 0 atom stereocenters. The van der Waals surface area contributed by atoms with E-state index in [0.29, 0.717) is 0 Å². The zero-order valence-electron chi connectivity index (χ0n) is 12.2. The van der Waals surface area contributed by atoms with Crippen LogP contribution in [0.4, 0.5) is 0 Å². The zero-order valence-corrected chi connectivity index (χ0v) is 13.2. The summed E-state index contributed by atoms with van der Waals surface area (Å²) >= 11 is 0. The van der Waals surface area contributed by atoms with E-state index in [4.69, 9.17) is 0 Å². The maximum absolute atomic E-state index is 10.8. The van der Waals surface area contributed by atoms with Gasteiger partial charge in [-0.3, -0.25) is 4.79 Å². The molecule has 0 amide bonds. The molecule has 0 unspecified atom stereocenters. The molecule has 2 heteroatoms. The molecule has 0 radical (unpaired) electrons. The number of unbranched alkanes of at least 4 members (excludes halogenated alkanes) is 3. The SMILES string of the molecule is CCCCCC/C(=C\C=O)[Si](CC)(CC)CC. The Kier molecular flexibility index (Phi) is 9.42. The average molecular weight is 254 g/mol. The molecule has 1 nitrogen and oxygen atoms in total. The highest BCUT2D eigenvalue weighted by atomic mass is 28.3. The second-order valence-corrected chi connectivity index (χ2v) is 10.3. The van der Waals surface area contributed by atoms with E-state index in [9.17, 15) is 4.79 Å². The standard InChI is InChI=1S/C15H30OSi/c1-5-9-10-11-12-15(13-14-16)17(6-2,7-3)8-4/h13-14H,5-12H2,1-4H3/b15-13+. The second kappa shape index (κ2) is 9.64. The third-order valence-electron chi connectivity index (χ3n) is 4.28. The molecule has 0 aliphatic heterocycles. The van der Waals surface area contributed by atoms with Gasteiger partial charge in [-0.25, -0.2) is 0 Å². The monoisotopic (exact) mass is 254 g/mol. The van der Waals surface area contributed by atoms with Gasteiger partial charge in [0.05, 0.1) is 8.07 Å². The maximum atomic E-state index is 10.8. The van der Waals surface area contributed by atoms with E-state index in [2.05, 4.69) is 27.7 Å². The minimum absolute atomic E-state index is 1.01. The lowest BCUT2D eigenvalue weighted by Crippen LogP contribution is -2.34. The van der Waals surface area contributed by atoms with Gasteiger partial charge in [-0.2, -0.15) is 0 Å². The van der Waals surface area contributed by atoms with Gasteiger partial charge in [-0.1, -0.05) is 70.3 Å². The van der Waals surface area contributed by atoms with Crippen molar-refractivity contribution in [3.63, 3.8) is 0 Å². The van der Waals surface area contributed by atoms with Gasteiger partial charge in [0.25, 0.3) is 0 Å². The van der Waals surface area contributed by atoms with E-state index < -0.39 is 8.07 Å². The molecule has 0 bridgehead atoms. The lowest BCUT2D eigenvalue weighted by molar-refractivity contribution is -0.104. The van der Waals surface area contributed by atoms with E-state index in [1.165, 1.54) is 55.4 Å². The number of allylic oxidation sites excluding steroid dienone is 2. The second-order valence-electron chi connectivity index (χ2n) is 4.98. The topological polar surface area (TPSA) is 17.1 Å². The molecule has 0 N–H and O–H groups in total. The van der Waals surface area contributed by atoms with Crippen LogP contribution in [-0.4, -0.2) is 14.4 Å². The van der Waals surface area contributed by atoms with Crippen molar-refractivity contribution in [2.24, 2.45) is 0 Å². The summed E-state index contributed by atoms with van der Waals surface area (Å²) in [7, 11) is -1.30. The molecule has 0 heterocycles. The van der Waals surface area contributed by atoms with E-state index >= 15 is 0 Å². The van der Waals surface area contributed by atoms with Gasteiger partial charge in [0.1, 0.15) is 6.29 Å². The summed E-state index contributed by atoms with van der Waals surface area (Å²) in [6, 6.07) is 3.86. The van der Waals surface area contributed by atoms with Gasteiger partial charge < -0.3 is 0 Å². The molecule has 0 spiro atoms. The minimum Gasteiger partial charge on any atom is -0.299 e. The normalized spacial score (nSPS) is 12.8. The maximum Gasteiger partial charge on any atom is 0.142 e. The fourth-order valence-electron chi connectivity index (χ4n) is 2.78. The zero-order chi connectivity index (χ0) is 13.1. The van der Waals surface area contributed by atoms with Crippen LogP contribution in [0.15, 0.2) is 11.3 Å². The highest BCUT2D eigenvalue weighted by Gasteiger charge is 2.30. The Balaban J connectivity index is 4.59. The van der Waals surface area contributed by atoms with Crippen LogP contribution in [0.3, 0.4) is 0 Å². The third-order valence-corrected chi connectivity index (χ3v) is 10.1. The van der Waals surface area contributed by atoms with Crippen LogP contribution >= 0.6 is 0 Å². The molecule has 0 aromatic heterocycles. The fourth-order valence-corrected chi connectivity index (χ4v) is 6.77. The molecular weight excluding hydrogens is 224 g/mol. The highest BCUT2D eigenvalue weighted by Crippen LogP contribution is 2.31. The lowest BCUT2D eigenvalue weighted by atomic mass is 10.1. The van der Waals surface area contributed by atoms with Crippen molar-refractivity contribution in [2.45, 2.75) is 77.9 Å². The number of carbonyl (C=O) groups excluding carboxylic acids is 1. The molecule has 0 fully saturated rings. The first-order valence-electron chi connectivity index (χ1n) is 7.35. The smallest absolute Gasteiger partial charge is 0.142 e. The van der Waals surface area contributed by atoms with Crippen LogP contribution in [0, 0.1) is 0 Å². The first-order chi connectivity index (χ1) is 8.20. The van der Waals surface area contributed by atoms with Gasteiger partial charge in [-0.15, -0.1) is 0 Å². The Labute approximate surface area is 109 Å². The Morgan fingerprint density at radius 2 is 1.53 bits per heavy atom. The number of aldehydes is 1. The highest BCUT2D eigenvalue weighted by molar-refractivity contribution is 6.86. The summed E-state index contributed by atoms with van der Waals surface area (Å²) in [5, 5.41) is 1.52. The Morgan fingerprint density at radius 3 is 1.94 bits per heavy atom. The molecule has 17 heavy (non-hydrogen) atoms. The summed E-state index contributed by atoms with van der Waals surface area (Å²) < 4.78 is 0. The van der Waals surface area contributed by atoms with Crippen LogP contribution in [0.2, 0.25) is 18.1 Å². The molecule has 0 aromatic rings. The molecular formula is C15H30OSi. The number of hydrogen-bond acceptors (Lipinski definition) is 1. The number of rotatable bonds is 10. The van der Waals surface area contributed by atoms with E-state index in [0.717, 1.165) is 6.29 Å². The predicted octanol–water partition coefficient (Wildman–Crippen LogP) is 5.13. The third kappa shape index (κ3) is 5.20. The first kappa shape index (κ1) is 16.6. The van der Waals surface area contributed by atoms with Crippen molar-refractivity contribution < 1.29 is 4.79 Å². The van der Waals surface area contributed by atoms with Crippen LogP contribution in [-0.2, 0) is 4.79 Å². The Bertz CT molecular complexity index is 221. The largest absolute Gasteiger partial charge is 0.299 e. The number of carbonyl (C=O) groups is 1. The van der Waals surface area contributed by atoms with E-state index in [1.54, 1.807) is 0 Å². The Morgan fingerprint density at radius 1 is 0.941 bits per heavy atom. The molecule has 0 aliphatic carbocycles. The van der Waals surface area contributed by atoms with Crippen molar-refractivity contribution in [3.8, 4) is 0 Å². The van der Waals surface area contributed by atoms with Crippen LogP contribution in [0.5, 0.6) is 0 Å². The molecule has 100 valence electrons. The predicted molar refractivity (Wildman–Crippen MR) is 80.1 cm³/mol. The summed E-state index contributed by atoms with van der Waals surface area (Å²) in [5.74, 6) is 0. The van der Waals surface area contributed by atoms with Crippen LogP contribution in [0.25, 0.3) is 0 Å². The minimum atomic E-state index is -1.30. The molecule has 0 rings (SSSR count). The van der Waals surface area contributed by atoms with Crippen molar-refractivity contribution >= 4 is 14.4 Å². The van der Waals surface area contributed by atoms with Crippen LogP contribution < -0.4 is 0 Å². The first-order valence-corrected chi connectivity index (χ1v) is 9.97. The van der Waals surface area contributed by atoms with E-state index in [-0.39, 0.29) is 0 Å². The molecule has 0 saturated carbocycles. The summed E-state index contributed by atoms with van der Waals surface area (Å²) in [6.07, 6.45) is 9.27. The molecule has 0 saturated heterocycles. The van der Waals surface area contributed by atoms with Crippen LogP contribution in [0.1, 0.15) is 59.8 Å². The molecule has 0 aromatic carbocycles. The van der Waals surface area contributed by atoms with Gasteiger partial charge >= 0.3 is 0 Å². The van der Waals surface area contributed by atoms with Gasteiger partial charge in [0.2, 0.25) is 0 Å². The molecule has 0 aliphatic rings. The van der Waals surface area contributed by atoms with E-state index in [1.807, 2.05) is 6.08 Å². The lowest BCUT2D eigenvalue weighted by Gasteiger charge is -2.31. The van der Waals surface area contributed by atoms with Crippen molar-refractivity contribution in [3.05, 3.63) is 11.3 Å². The number of hydrogen-bond donors (Lipinski definition) is 0. The quantitative estimate of drug-likeness (QED) is 0.229. The van der Waals surface area contributed by atoms with Crippen molar-refractivity contribution in [1.29, 1.82) is 0 Å². The summed E-state index contributed by atoms with van der Waals surface area (Å²) in [6.45, 7) is 9.17.